The van der Waals surface area contributed by atoms with Crippen LogP contribution in [0.25, 0.3) is 0 Å². The number of methoxy groups -OCH3 is 1. The van der Waals surface area contributed by atoms with Crippen LogP contribution in [0, 0.1) is 6.92 Å². The molecule has 0 unspecified atom stereocenters. The number of amides is 1. The van der Waals surface area contributed by atoms with Crippen molar-refractivity contribution >= 4 is 17.5 Å². The van der Waals surface area contributed by atoms with E-state index in [1.165, 1.54) is 11.1 Å². The molecule has 0 aliphatic carbocycles. The number of benzene rings is 2. The third-order valence-electron chi connectivity index (χ3n) is 5.07. The third kappa shape index (κ3) is 4.02. The number of carbonyl (C=O) groups excluding carboxylic acids is 1. The van der Waals surface area contributed by atoms with Crippen LogP contribution in [0.4, 0.5) is 0 Å². The molecule has 1 fully saturated rings. The maximum Gasteiger partial charge on any atom is 0.255 e. The molecule has 0 atom stereocenters. The highest BCUT2D eigenvalue weighted by Gasteiger charge is 2.35. The molecule has 3 rings (SSSR count). The molecule has 2 aromatic rings. The minimum atomic E-state index is -0.178. The second-order valence-electron chi connectivity index (χ2n) is 6.79. The Hall–Kier alpha value is -2.04. The van der Waals surface area contributed by atoms with Gasteiger partial charge >= 0.3 is 0 Å². The van der Waals surface area contributed by atoms with Gasteiger partial charge in [-0.15, -0.1) is 0 Å². The van der Waals surface area contributed by atoms with E-state index < -0.39 is 0 Å². The summed E-state index contributed by atoms with van der Waals surface area (Å²) in [5, 5.41) is 3.61. The van der Waals surface area contributed by atoms with E-state index in [2.05, 4.69) is 36.5 Å². The number of hydrogen-bond acceptors (Lipinski definition) is 3. The van der Waals surface area contributed by atoms with E-state index in [4.69, 9.17) is 21.1 Å². The van der Waals surface area contributed by atoms with Crippen molar-refractivity contribution in [2.75, 3.05) is 26.9 Å². The van der Waals surface area contributed by atoms with Gasteiger partial charge < -0.3 is 14.8 Å². The Morgan fingerprint density at radius 1 is 1.23 bits per heavy atom. The Morgan fingerprint density at radius 2 is 2.00 bits per heavy atom. The Morgan fingerprint density at radius 3 is 2.69 bits per heavy atom. The summed E-state index contributed by atoms with van der Waals surface area (Å²) in [6, 6.07) is 13.6. The molecule has 1 N–H and O–H groups in total. The van der Waals surface area contributed by atoms with E-state index in [0.29, 0.717) is 36.1 Å². The van der Waals surface area contributed by atoms with Gasteiger partial charge in [0, 0.05) is 30.2 Å². The summed E-state index contributed by atoms with van der Waals surface area (Å²) in [6.07, 6.45) is 1.76. The molecule has 26 heavy (non-hydrogen) atoms. The third-order valence-corrected chi connectivity index (χ3v) is 5.31. The molecule has 5 heteroatoms. The van der Waals surface area contributed by atoms with Gasteiger partial charge in [0.1, 0.15) is 5.75 Å². The highest BCUT2D eigenvalue weighted by atomic mass is 35.5. The van der Waals surface area contributed by atoms with Crippen molar-refractivity contribution in [3.63, 3.8) is 0 Å². The molecule has 1 heterocycles. The first-order valence-electron chi connectivity index (χ1n) is 8.81. The van der Waals surface area contributed by atoms with Crippen LogP contribution in [-0.2, 0) is 10.2 Å². The van der Waals surface area contributed by atoms with Crippen molar-refractivity contribution in [2.24, 2.45) is 0 Å². The van der Waals surface area contributed by atoms with Gasteiger partial charge in [0.05, 0.1) is 12.7 Å². The number of halogens is 1. The first-order chi connectivity index (χ1) is 12.5. The van der Waals surface area contributed by atoms with Gasteiger partial charge in [-0.1, -0.05) is 41.4 Å². The molecule has 0 bridgehead atoms. The predicted octanol–water partition coefficient (Wildman–Crippen LogP) is 4.14. The first-order valence-corrected chi connectivity index (χ1v) is 9.18. The summed E-state index contributed by atoms with van der Waals surface area (Å²) < 4.78 is 10.9. The Labute approximate surface area is 159 Å². The van der Waals surface area contributed by atoms with E-state index in [0.717, 1.165) is 12.8 Å². The fraction of sp³-hybridized carbons (Fsp3) is 0.381. The number of rotatable bonds is 5. The lowest BCUT2D eigenvalue weighted by atomic mass is 9.73. The van der Waals surface area contributed by atoms with Gasteiger partial charge in [-0.3, -0.25) is 4.79 Å². The molecule has 1 saturated heterocycles. The molecule has 1 aliphatic heterocycles. The number of nitrogens with one attached hydrogen (secondary N) is 1. The standard InChI is InChI=1S/C21H24ClNO3/c1-15-4-3-5-16(12-15)21(8-10-26-11-9-21)14-23-20(24)18-13-17(22)6-7-19(18)25-2/h3-7,12-13H,8-11,14H2,1-2H3,(H,23,24). The molecule has 138 valence electrons. The van der Waals surface area contributed by atoms with E-state index >= 15 is 0 Å². The summed E-state index contributed by atoms with van der Waals surface area (Å²) in [5.41, 5.74) is 2.80. The van der Waals surface area contributed by atoms with Crippen LogP contribution in [0.3, 0.4) is 0 Å². The zero-order valence-electron chi connectivity index (χ0n) is 15.2. The summed E-state index contributed by atoms with van der Waals surface area (Å²) in [7, 11) is 1.55. The highest BCUT2D eigenvalue weighted by Crippen LogP contribution is 2.35. The number of aryl methyl sites for hydroxylation is 1. The molecular weight excluding hydrogens is 350 g/mol. The van der Waals surface area contributed by atoms with Crippen LogP contribution >= 0.6 is 11.6 Å². The zero-order valence-corrected chi connectivity index (χ0v) is 15.9. The highest BCUT2D eigenvalue weighted by molar-refractivity contribution is 6.31. The average molecular weight is 374 g/mol. The molecule has 0 aromatic heterocycles. The molecule has 0 spiro atoms. The van der Waals surface area contributed by atoms with Crippen LogP contribution < -0.4 is 10.1 Å². The maximum atomic E-state index is 12.8. The molecule has 0 radical (unpaired) electrons. The number of ether oxygens (including phenoxy) is 2. The smallest absolute Gasteiger partial charge is 0.255 e. The van der Waals surface area contributed by atoms with Crippen LogP contribution in [0.2, 0.25) is 5.02 Å². The number of hydrogen-bond donors (Lipinski definition) is 1. The van der Waals surface area contributed by atoms with E-state index in [1.807, 2.05) is 0 Å². The molecule has 2 aromatic carbocycles. The summed E-state index contributed by atoms with van der Waals surface area (Å²) >= 11 is 6.06. The molecule has 1 aliphatic rings. The Kier molecular flexibility index (Phi) is 5.84. The summed E-state index contributed by atoms with van der Waals surface area (Å²) in [5.74, 6) is 0.339. The molecule has 1 amide bonds. The van der Waals surface area contributed by atoms with Gasteiger partial charge in [0.2, 0.25) is 0 Å². The fourth-order valence-corrected chi connectivity index (χ4v) is 3.68. The van der Waals surface area contributed by atoms with Gasteiger partial charge in [0.25, 0.3) is 5.91 Å². The zero-order chi connectivity index (χ0) is 18.6. The maximum absolute atomic E-state index is 12.8. The van der Waals surface area contributed by atoms with Gasteiger partial charge in [-0.25, -0.2) is 0 Å². The largest absolute Gasteiger partial charge is 0.496 e. The average Bonchev–Trinajstić information content (AvgIpc) is 2.67. The minimum Gasteiger partial charge on any atom is -0.496 e. The lowest BCUT2D eigenvalue weighted by Gasteiger charge is -2.38. The lowest BCUT2D eigenvalue weighted by molar-refractivity contribution is 0.0486. The quantitative estimate of drug-likeness (QED) is 0.857. The minimum absolute atomic E-state index is 0.119. The SMILES string of the molecule is COc1ccc(Cl)cc1C(=O)NCC1(c2cccc(C)c2)CCOCC1. The van der Waals surface area contributed by atoms with Gasteiger partial charge in [-0.2, -0.15) is 0 Å². The van der Waals surface area contributed by atoms with Crippen LogP contribution in [0.1, 0.15) is 34.3 Å². The van der Waals surface area contributed by atoms with E-state index in [9.17, 15) is 4.79 Å². The van der Waals surface area contributed by atoms with E-state index in [-0.39, 0.29) is 11.3 Å². The van der Waals surface area contributed by atoms with Crippen LogP contribution in [0.15, 0.2) is 42.5 Å². The second-order valence-corrected chi connectivity index (χ2v) is 7.23. The summed E-state index contributed by atoms with van der Waals surface area (Å²) in [6.45, 7) is 4.04. The van der Waals surface area contributed by atoms with Crippen molar-refractivity contribution in [1.82, 2.24) is 5.32 Å². The molecule has 0 saturated carbocycles. The number of carbonyl (C=O) groups is 1. The van der Waals surface area contributed by atoms with Gasteiger partial charge in [0.15, 0.2) is 0 Å². The van der Waals surface area contributed by atoms with Crippen molar-refractivity contribution in [3.05, 3.63) is 64.2 Å². The molecule has 4 nitrogen and oxygen atoms in total. The van der Waals surface area contributed by atoms with E-state index in [1.54, 1.807) is 25.3 Å². The predicted molar refractivity (Wildman–Crippen MR) is 103 cm³/mol. The molecular formula is C21H24ClNO3. The monoisotopic (exact) mass is 373 g/mol. The fourth-order valence-electron chi connectivity index (χ4n) is 3.51. The second kappa shape index (κ2) is 8.11. The van der Waals surface area contributed by atoms with Crippen molar-refractivity contribution in [2.45, 2.75) is 25.2 Å². The normalized spacial score (nSPS) is 16.1. The summed E-state index contributed by atoms with van der Waals surface area (Å²) in [4.78, 5) is 12.8. The topological polar surface area (TPSA) is 47.6 Å². The van der Waals surface area contributed by atoms with Crippen LogP contribution in [0.5, 0.6) is 5.75 Å². The lowest BCUT2D eigenvalue weighted by Crippen LogP contribution is -2.44. The van der Waals surface area contributed by atoms with Crippen molar-refractivity contribution in [3.8, 4) is 5.75 Å². The Balaban J connectivity index is 1.82. The Bertz CT molecular complexity index is 785. The van der Waals surface area contributed by atoms with Gasteiger partial charge in [-0.05, 0) is 43.5 Å². The van der Waals surface area contributed by atoms with Crippen molar-refractivity contribution in [1.29, 1.82) is 0 Å². The van der Waals surface area contributed by atoms with Crippen molar-refractivity contribution < 1.29 is 14.3 Å². The first kappa shape index (κ1) is 18.7. The van der Waals surface area contributed by atoms with Crippen LogP contribution in [-0.4, -0.2) is 32.8 Å².